The number of carbonyl (C=O) groups is 2. The highest BCUT2D eigenvalue weighted by Crippen LogP contribution is 2.28. The SMILES string of the molecule is CCN(CC)S(=O)(=O)c1ccc(N2CC(C(=O)NCc3ncc(C)c(OC)c3C)CC2=O)cc1. The Morgan fingerprint density at radius 2 is 1.85 bits per heavy atom. The molecule has 184 valence electrons. The van der Waals surface area contributed by atoms with Crippen LogP contribution in [0.4, 0.5) is 5.69 Å². The molecule has 1 atom stereocenters. The van der Waals surface area contributed by atoms with Gasteiger partial charge in [-0.15, -0.1) is 0 Å². The van der Waals surface area contributed by atoms with Crippen LogP contribution in [-0.4, -0.2) is 56.3 Å². The zero-order valence-electron chi connectivity index (χ0n) is 20.3. The molecular weight excluding hydrogens is 456 g/mol. The molecule has 34 heavy (non-hydrogen) atoms. The molecule has 9 nitrogen and oxygen atoms in total. The van der Waals surface area contributed by atoms with Crippen LogP contribution in [0, 0.1) is 19.8 Å². The number of nitrogens with zero attached hydrogens (tertiary/aromatic N) is 3. The van der Waals surface area contributed by atoms with Crippen molar-refractivity contribution >= 4 is 27.5 Å². The number of carbonyl (C=O) groups excluding carboxylic acids is 2. The number of hydrogen-bond acceptors (Lipinski definition) is 6. The zero-order chi connectivity index (χ0) is 25.0. The van der Waals surface area contributed by atoms with Crippen LogP contribution in [-0.2, 0) is 26.2 Å². The predicted molar refractivity (Wildman–Crippen MR) is 129 cm³/mol. The van der Waals surface area contributed by atoms with Crippen LogP contribution in [0.15, 0.2) is 35.4 Å². The number of rotatable bonds is 9. The minimum absolute atomic E-state index is 0.0922. The maximum atomic E-state index is 12.8. The van der Waals surface area contributed by atoms with Crippen molar-refractivity contribution in [2.24, 2.45) is 5.92 Å². The highest BCUT2D eigenvalue weighted by atomic mass is 32.2. The number of sulfonamides is 1. The third-order valence-electron chi connectivity index (χ3n) is 6.17. The standard InChI is InChI=1S/C24H32N4O5S/c1-6-27(7-2)34(31,32)20-10-8-19(9-11-20)28-15-18(12-22(28)29)24(30)26-14-21-17(4)23(33-5)16(3)13-25-21/h8-11,13,18H,6-7,12,14-15H2,1-5H3,(H,26,30). The van der Waals surface area contributed by atoms with Crippen molar-refractivity contribution < 1.29 is 22.7 Å². The van der Waals surface area contributed by atoms with Crippen molar-refractivity contribution in [3.8, 4) is 5.75 Å². The molecule has 10 heteroatoms. The van der Waals surface area contributed by atoms with E-state index in [0.29, 0.717) is 24.5 Å². The predicted octanol–water partition coefficient (Wildman–Crippen LogP) is 2.41. The summed E-state index contributed by atoms with van der Waals surface area (Å²) in [6.07, 6.45) is 1.80. The monoisotopic (exact) mass is 488 g/mol. The number of aromatic nitrogens is 1. The molecule has 3 rings (SSSR count). The van der Waals surface area contributed by atoms with Gasteiger partial charge in [0.05, 0.1) is 30.2 Å². The largest absolute Gasteiger partial charge is 0.496 e. The first-order valence-corrected chi connectivity index (χ1v) is 12.7. The summed E-state index contributed by atoms with van der Waals surface area (Å²) in [7, 11) is -1.97. The topological polar surface area (TPSA) is 109 Å². The molecule has 0 saturated carbocycles. The first-order chi connectivity index (χ1) is 16.1. The Morgan fingerprint density at radius 1 is 1.21 bits per heavy atom. The molecule has 2 amide bonds. The lowest BCUT2D eigenvalue weighted by Gasteiger charge is -2.20. The van der Waals surface area contributed by atoms with Crippen LogP contribution in [0.3, 0.4) is 0 Å². The minimum Gasteiger partial charge on any atom is -0.496 e. The van der Waals surface area contributed by atoms with E-state index in [4.69, 9.17) is 4.74 Å². The Morgan fingerprint density at radius 3 is 2.44 bits per heavy atom. The van der Waals surface area contributed by atoms with Crippen LogP contribution >= 0.6 is 0 Å². The number of anilines is 1. The lowest BCUT2D eigenvalue weighted by molar-refractivity contribution is -0.126. The maximum absolute atomic E-state index is 12.8. The normalized spacial score (nSPS) is 16.2. The van der Waals surface area contributed by atoms with Gasteiger partial charge in [0, 0.05) is 49.1 Å². The number of nitrogens with one attached hydrogen (secondary N) is 1. The molecule has 1 aromatic heterocycles. The van der Waals surface area contributed by atoms with Gasteiger partial charge in [0.25, 0.3) is 0 Å². The summed E-state index contributed by atoms with van der Waals surface area (Å²) in [5.74, 6) is -0.157. The number of benzene rings is 1. The molecule has 1 aromatic carbocycles. The Bertz CT molecular complexity index is 1160. The van der Waals surface area contributed by atoms with Gasteiger partial charge in [0.2, 0.25) is 21.8 Å². The van der Waals surface area contributed by atoms with Gasteiger partial charge in [-0.3, -0.25) is 14.6 Å². The third-order valence-corrected chi connectivity index (χ3v) is 8.23. The summed E-state index contributed by atoms with van der Waals surface area (Å²) in [4.78, 5) is 31.5. The van der Waals surface area contributed by atoms with Crippen LogP contribution in [0.25, 0.3) is 0 Å². The van der Waals surface area contributed by atoms with E-state index in [9.17, 15) is 18.0 Å². The number of aryl methyl sites for hydroxylation is 1. The van der Waals surface area contributed by atoms with Gasteiger partial charge in [-0.05, 0) is 38.1 Å². The third kappa shape index (κ3) is 5.07. The van der Waals surface area contributed by atoms with Crippen molar-refractivity contribution in [2.75, 3.05) is 31.6 Å². The van der Waals surface area contributed by atoms with E-state index >= 15 is 0 Å². The maximum Gasteiger partial charge on any atom is 0.243 e. The summed E-state index contributed by atoms with van der Waals surface area (Å²) in [6.45, 7) is 8.61. The van der Waals surface area contributed by atoms with Gasteiger partial charge in [-0.2, -0.15) is 4.31 Å². The van der Waals surface area contributed by atoms with Crippen molar-refractivity contribution in [1.82, 2.24) is 14.6 Å². The van der Waals surface area contributed by atoms with Crippen LogP contribution in [0.5, 0.6) is 5.75 Å². The van der Waals surface area contributed by atoms with Crippen LogP contribution < -0.4 is 15.0 Å². The summed E-state index contributed by atoms with van der Waals surface area (Å²) in [5.41, 5.74) is 3.07. The number of amides is 2. The van der Waals surface area contributed by atoms with Crippen molar-refractivity contribution in [1.29, 1.82) is 0 Å². The van der Waals surface area contributed by atoms with E-state index < -0.39 is 15.9 Å². The van der Waals surface area contributed by atoms with E-state index in [1.54, 1.807) is 39.3 Å². The molecule has 2 aromatic rings. The second-order valence-corrected chi connectivity index (χ2v) is 10.2. The average molecular weight is 489 g/mol. The lowest BCUT2D eigenvalue weighted by atomic mass is 10.1. The lowest BCUT2D eigenvalue weighted by Crippen LogP contribution is -2.33. The van der Waals surface area contributed by atoms with Crippen LogP contribution in [0.1, 0.15) is 37.1 Å². The number of ether oxygens (including phenoxy) is 1. The minimum atomic E-state index is -3.57. The molecule has 1 saturated heterocycles. The summed E-state index contributed by atoms with van der Waals surface area (Å²) in [5, 5.41) is 2.88. The Labute approximate surface area is 201 Å². The van der Waals surface area contributed by atoms with E-state index in [1.165, 1.54) is 21.3 Å². The van der Waals surface area contributed by atoms with Gasteiger partial charge in [-0.25, -0.2) is 8.42 Å². The van der Waals surface area contributed by atoms with Gasteiger partial charge < -0.3 is 15.0 Å². The molecule has 1 aliphatic heterocycles. The zero-order valence-corrected chi connectivity index (χ0v) is 21.1. The Balaban J connectivity index is 1.66. The molecule has 0 bridgehead atoms. The van der Waals surface area contributed by atoms with Crippen LogP contribution in [0.2, 0.25) is 0 Å². The number of pyridine rings is 1. The second kappa shape index (κ2) is 10.5. The molecule has 0 radical (unpaired) electrons. The number of methoxy groups -OCH3 is 1. The summed E-state index contributed by atoms with van der Waals surface area (Å²) in [6, 6.07) is 6.23. The fourth-order valence-corrected chi connectivity index (χ4v) is 5.67. The summed E-state index contributed by atoms with van der Waals surface area (Å²) >= 11 is 0. The molecule has 0 spiro atoms. The molecule has 1 aliphatic rings. The molecular formula is C24H32N4O5S. The molecule has 1 N–H and O–H groups in total. The summed E-state index contributed by atoms with van der Waals surface area (Å²) < 4.78 is 32.2. The van der Waals surface area contributed by atoms with Crippen molar-refractivity contribution in [3.05, 3.63) is 47.3 Å². The first kappa shape index (κ1) is 25.6. The van der Waals surface area contributed by atoms with E-state index in [2.05, 4.69) is 10.3 Å². The fraction of sp³-hybridized carbons (Fsp3) is 0.458. The van der Waals surface area contributed by atoms with E-state index in [-0.39, 0.29) is 36.2 Å². The highest BCUT2D eigenvalue weighted by Gasteiger charge is 2.35. The Hall–Kier alpha value is -2.98. The van der Waals surface area contributed by atoms with Gasteiger partial charge >= 0.3 is 0 Å². The van der Waals surface area contributed by atoms with Gasteiger partial charge in [0.15, 0.2) is 0 Å². The smallest absolute Gasteiger partial charge is 0.243 e. The number of hydrogen-bond donors (Lipinski definition) is 1. The molecule has 2 heterocycles. The average Bonchev–Trinajstić information content (AvgIpc) is 3.21. The Kier molecular flexibility index (Phi) is 7.93. The second-order valence-electron chi connectivity index (χ2n) is 8.25. The van der Waals surface area contributed by atoms with E-state index in [0.717, 1.165) is 16.9 Å². The van der Waals surface area contributed by atoms with Crippen molar-refractivity contribution in [2.45, 2.75) is 45.6 Å². The quantitative estimate of drug-likeness (QED) is 0.581. The molecule has 1 unspecified atom stereocenters. The molecule has 0 aliphatic carbocycles. The van der Waals surface area contributed by atoms with Gasteiger partial charge in [0.1, 0.15) is 5.75 Å². The fourth-order valence-electron chi connectivity index (χ4n) is 4.21. The first-order valence-electron chi connectivity index (χ1n) is 11.3. The molecule has 1 fully saturated rings. The van der Waals surface area contributed by atoms with E-state index in [1.807, 2.05) is 13.8 Å². The highest BCUT2D eigenvalue weighted by molar-refractivity contribution is 7.89. The van der Waals surface area contributed by atoms with Crippen molar-refractivity contribution in [3.63, 3.8) is 0 Å². The van der Waals surface area contributed by atoms with Gasteiger partial charge in [-0.1, -0.05) is 13.8 Å².